The Labute approximate surface area is 124 Å². The molecule has 1 saturated carbocycles. The second kappa shape index (κ2) is 5.93. The summed E-state index contributed by atoms with van der Waals surface area (Å²) in [4.78, 5) is 0. The van der Waals surface area contributed by atoms with Crippen LogP contribution in [0.15, 0.2) is 22.7 Å². The van der Waals surface area contributed by atoms with Crippen molar-refractivity contribution in [3.8, 4) is 0 Å². The third-order valence-corrected chi connectivity index (χ3v) is 4.40. The van der Waals surface area contributed by atoms with Crippen molar-refractivity contribution in [3.63, 3.8) is 0 Å². The van der Waals surface area contributed by atoms with Crippen LogP contribution in [0.4, 0.5) is 18.9 Å². The van der Waals surface area contributed by atoms with Gasteiger partial charge in [0.2, 0.25) is 0 Å². The molecular weight excluding hydrogens is 335 g/mol. The maximum Gasteiger partial charge on any atom is 0.416 e. The first-order chi connectivity index (χ1) is 9.36. The number of rotatable bonds is 6. The third-order valence-electron chi connectivity index (χ3n) is 3.74. The SMILES string of the molecule is COCCC1(CNc2ccc(C(F)(F)F)cc2Br)CC1. The molecule has 6 heteroatoms. The molecular formula is C14H17BrF3NO. The molecule has 0 aromatic heterocycles. The van der Waals surface area contributed by atoms with Crippen molar-refractivity contribution in [1.82, 2.24) is 0 Å². The van der Waals surface area contributed by atoms with Gasteiger partial charge in [0, 0.05) is 30.4 Å². The summed E-state index contributed by atoms with van der Waals surface area (Å²) in [6, 6.07) is 3.68. The molecule has 1 aliphatic carbocycles. The summed E-state index contributed by atoms with van der Waals surface area (Å²) < 4.78 is 43.2. The normalized spacial score (nSPS) is 17.1. The Balaban J connectivity index is 1.97. The van der Waals surface area contributed by atoms with Gasteiger partial charge in [0.1, 0.15) is 0 Å². The molecule has 112 valence electrons. The predicted octanol–water partition coefficient (Wildman–Crippen LogP) is 4.70. The van der Waals surface area contributed by atoms with Gasteiger partial charge in [-0.1, -0.05) is 0 Å². The van der Waals surface area contributed by atoms with Gasteiger partial charge in [0.15, 0.2) is 0 Å². The largest absolute Gasteiger partial charge is 0.416 e. The van der Waals surface area contributed by atoms with Crippen molar-refractivity contribution < 1.29 is 17.9 Å². The van der Waals surface area contributed by atoms with Crippen LogP contribution in [-0.2, 0) is 10.9 Å². The van der Waals surface area contributed by atoms with Crippen LogP contribution in [0, 0.1) is 5.41 Å². The standard InChI is InChI=1S/C14H17BrF3NO/c1-20-7-6-13(4-5-13)9-19-12-3-2-10(8-11(12)15)14(16,17)18/h2-3,8,19H,4-7,9H2,1H3. The average molecular weight is 352 g/mol. The Morgan fingerprint density at radius 1 is 1.35 bits per heavy atom. The number of methoxy groups -OCH3 is 1. The fourth-order valence-electron chi connectivity index (χ4n) is 2.13. The molecule has 2 rings (SSSR count). The molecule has 0 radical (unpaired) electrons. The summed E-state index contributed by atoms with van der Waals surface area (Å²) >= 11 is 3.19. The van der Waals surface area contributed by atoms with Crippen LogP contribution < -0.4 is 5.32 Å². The Hall–Kier alpha value is -0.750. The fourth-order valence-corrected chi connectivity index (χ4v) is 2.65. The minimum atomic E-state index is -4.31. The van der Waals surface area contributed by atoms with E-state index in [0.717, 1.165) is 44.5 Å². The maximum absolute atomic E-state index is 12.6. The quantitative estimate of drug-likeness (QED) is 0.802. The molecule has 0 amide bonds. The van der Waals surface area contributed by atoms with Gasteiger partial charge in [0.25, 0.3) is 0 Å². The summed E-state index contributed by atoms with van der Waals surface area (Å²) in [6.07, 6.45) is -1.05. The molecule has 1 aromatic carbocycles. The van der Waals surface area contributed by atoms with Crippen LogP contribution in [0.5, 0.6) is 0 Å². The molecule has 0 saturated heterocycles. The lowest BCUT2D eigenvalue weighted by atomic mass is 10.0. The van der Waals surface area contributed by atoms with E-state index in [1.54, 1.807) is 7.11 Å². The van der Waals surface area contributed by atoms with Crippen LogP contribution in [0.3, 0.4) is 0 Å². The average Bonchev–Trinajstić information content (AvgIpc) is 3.14. The number of anilines is 1. The highest BCUT2D eigenvalue weighted by molar-refractivity contribution is 9.10. The van der Waals surface area contributed by atoms with E-state index in [2.05, 4.69) is 21.2 Å². The third kappa shape index (κ3) is 3.88. The highest BCUT2D eigenvalue weighted by Gasteiger charge is 2.41. The minimum absolute atomic E-state index is 0.248. The number of halogens is 4. The molecule has 0 atom stereocenters. The molecule has 2 nitrogen and oxygen atoms in total. The molecule has 1 fully saturated rings. The van der Waals surface area contributed by atoms with Crippen LogP contribution in [0.2, 0.25) is 0 Å². The lowest BCUT2D eigenvalue weighted by molar-refractivity contribution is -0.137. The van der Waals surface area contributed by atoms with Crippen molar-refractivity contribution in [1.29, 1.82) is 0 Å². The molecule has 0 bridgehead atoms. The van der Waals surface area contributed by atoms with Crippen molar-refractivity contribution >= 4 is 21.6 Å². The predicted molar refractivity (Wildman–Crippen MR) is 75.8 cm³/mol. The van der Waals surface area contributed by atoms with Crippen LogP contribution in [0.1, 0.15) is 24.8 Å². The summed E-state index contributed by atoms with van der Waals surface area (Å²) in [5, 5.41) is 3.23. The molecule has 20 heavy (non-hydrogen) atoms. The first kappa shape index (κ1) is 15.6. The Bertz CT molecular complexity index is 472. The van der Waals surface area contributed by atoms with Crippen LogP contribution >= 0.6 is 15.9 Å². The number of alkyl halides is 3. The van der Waals surface area contributed by atoms with Crippen LogP contribution in [0.25, 0.3) is 0 Å². The first-order valence-corrected chi connectivity index (χ1v) is 7.25. The van der Waals surface area contributed by atoms with Gasteiger partial charge in [-0.15, -0.1) is 0 Å². The molecule has 1 N–H and O–H groups in total. The molecule has 0 unspecified atom stereocenters. The fraction of sp³-hybridized carbons (Fsp3) is 0.571. The van der Waals surface area contributed by atoms with Gasteiger partial charge in [-0.05, 0) is 58.8 Å². The Morgan fingerprint density at radius 3 is 2.55 bits per heavy atom. The Kier molecular flexibility index (Phi) is 4.64. The van der Waals surface area contributed by atoms with Gasteiger partial charge in [-0.3, -0.25) is 0 Å². The van der Waals surface area contributed by atoms with E-state index in [4.69, 9.17) is 4.74 Å². The second-order valence-corrected chi connectivity index (χ2v) is 6.14. The zero-order valence-corrected chi connectivity index (χ0v) is 12.8. The van der Waals surface area contributed by atoms with E-state index in [1.807, 2.05) is 0 Å². The smallest absolute Gasteiger partial charge is 0.385 e. The van der Waals surface area contributed by atoms with Crippen molar-refractivity contribution in [3.05, 3.63) is 28.2 Å². The number of hydrogen-bond donors (Lipinski definition) is 1. The number of nitrogens with one attached hydrogen (secondary N) is 1. The lowest BCUT2D eigenvalue weighted by Gasteiger charge is -2.18. The van der Waals surface area contributed by atoms with E-state index in [9.17, 15) is 13.2 Å². The molecule has 0 heterocycles. The highest BCUT2D eigenvalue weighted by Crippen LogP contribution is 2.49. The van der Waals surface area contributed by atoms with Gasteiger partial charge in [0.05, 0.1) is 5.56 Å². The van der Waals surface area contributed by atoms with E-state index in [1.165, 1.54) is 6.07 Å². The summed E-state index contributed by atoms with van der Waals surface area (Å²) in [7, 11) is 1.68. The molecule has 0 spiro atoms. The first-order valence-electron chi connectivity index (χ1n) is 6.46. The number of benzene rings is 1. The monoisotopic (exact) mass is 351 g/mol. The van der Waals surface area contributed by atoms with Crippen molar-refractivity contribution in [2.24, 2.45) is 5.41 Å². The summed E-state index contributed by atoms with van der Waals surface area (Å²) in [5.41, 5.74) is 0.301. The van der Waals surface area contributed by atoms with E-state index in [0.29, 0.717) is 10.2 Å². The lowest BCUT2D eigenvalue weighted by Crippen LogP contribution is -2.17. The van der Waals surface area contributed by atoms with Gasteiger partial charge < -0.3 is 10.1 Å². The summed E-state index contributed by atoms with van der Waals surface area (Å²) in [5.74, 6) is 0. The number of hydrogen-bond acceptors (Lipinski definition) is 2. The van der Waals surface area contributed by atoms with E-state index < -0.39 is 11.7 Å². The zero-order chi connectivity index (χ0) is 14.8. The van der Waals surface area contributed by atoms with Crippen LogP contribution in [-0.4, -0.2) is 20.3 Å². The molecule has 1 aromatic rings. The number of ether oxygens (including phenoxy) is 1. The maximum atomic E-state index is 12.6. The van der Waals surface area contributed by atoms with E-state index in [-0.39, 0.29) is 5.41 Å². The van der Waals surface area contributed by atoms with Gasteiger partial charge in [-0.2, -0.15) is 13.2 Å². The minimum Gasteiger partial charge on any atom is -0.385 e. The Morgan fingerprint density at radius 2 is 2.05 bits per heavy atom. The second-order valence-electron chi connectivity index (χ2n) is 5.29. The van der Waals surface area contributed by atoms with Gasteiger partial charge in [-0.25, -0.2) is 0 Å². The molecule has 0 aliphatic heterocycles. The van der Waals surface area contributed by atoms with E-state index >= 15 is 0 Å². The molecule has 1 aliphatic rings. The van der Waals surface area contributed by atoms with Crippen molar-refractivity contribution in [2.75, 3.05) is 25.6 Å². The highest BCUT2D eigenvalue weighted by atomic mass is 79.9. The van der Waals surface area contributed by atoms with Crippen molar-refractivity contribution in [2.45, 2.75) is 25.4 Å². The topological polar surface area (TPSA) is 21.3 Å². The van der Waals surface area contributed by atoms with Gasteiger partial charge >= 0.3 is 6.18 Å². The zero-order valence-electron chi connectivity index (χ0n) is 11.2. The summed E-state index contributed by atoms with van der Waals surface area (Å²) in [6.45, 7) is 1.48.